The fourth-order valence-electron chi connectivity index (χ4n) is 3.54. The summed E-state index contributed by atoms with van der Waals surface area (Å²) in [6, 6.07) is 11.6. The van der Waals surface area contributed by atoms with Crippen molar-refractivity contribution in [2.75, 3.05) is 31.5 Å². The highest BCUT2D eigenvalue weighted by Crippen LogP contribution is 2.26. The van der Waals surface area contributed by atoms with Gasteiger partial charge in [0.2, 0.25) is 11.8 Å². The van der Waals surface area contributed by atoms with Crippen molar-refractivity contribution in [3.05, 3.63) is 64.2 Å². The fraction of sp³-hybridized carbons (Fsp3) is 0.462. The number of anilines is 1. The molecule has 0 aliphatic carbocycles. The molecule has 2 rings (SSSR count). The van der Waals surface area contributed by atoms with Crippen molar-refractivity contribution in [1.82, 2.24) is 14.5 Å². The number of rotatable bonds is 11. The van der Waals surface area contributed by atoms with Gasteiger partial charge < -0.3 is 10.2 Å². The van der Waals surface area contributed by atoms with E-state index >= 15 is 0 Å². The lowest BCUT2D eigenvalue weighted by atomic mass is 10.1. The Morgan fingerprint density at radius 3 is 2.25 bits per heavy atom. The van der Waals surface area contributed by atoms with Gasteiger partial charge in [-0.2, -0.15) is 12.7 Å². The molecule has 0 saturated heterocycles. The van der Waals surface area contributed by atoms with Crippen LogP contribution in [0, 0.1) is 19.8 Å². The number of amides is 2. The van der Waals surface area contributed by atoms with Gasteiger partial charge in [-0.1, -0.05) is 55.8 Å². The van der Waals surface area contributed by atoms with Gasteiger partial charge in [0.25, 0.3) is 0 Å². The van der Waals surface area contributed by atoms with Crippen LogP contribution in [-0.2, 0) is 26.3 Å². The Morgan fingerprint density at radius 1 is 1.03 bits per heavy atom. The van der Waals surface area contributed by atoms with Crippen molar-refractivity contribution in [2.45, 2.75) is 47.2 Å². The van der Waals surface area contributed by atoms with E-state index in [9.17, 15) is 18.0 Å². The molecule has 198 valence electrons. The third kappa shape index (κ3) is 7.44. The van der Waals surface area contributed by atoms with Gasteiger partial charge in [0.05, 0.1) is 5.69 Å². The molecule has 0 aromatic heterocycles. The lowest BCUT2D eigenvalue weighted by Crippen LogP contribution is -2.52. The summed E-state index contributed by atoms with van der Waals surface area (Å²) in [4.78, 5) is 28.1. The molecule has 0 saturated carbocycles. The van der Waals surface area contributed by atoms with Crippen LogP contribution in [0.3, 0.4) is 0 Å². The minimum absolute atomic E-state index is 0.0530. The fourth-order valence-corrected chi connectivity index (χ4v) is 4.84. The molecule has 0 aliphatic heterocycles. The number of carbonyl (C=O) groups excluding carboxylic acids is 2. The van der Waals surface area contributed by atoms with Crippen molar-refractivity contribution in [3.63, 3.8) is 0 Å². The number of aryl methyl sites for hydroxylation is 2. The molecule has 1 atom stereocenters. The summed E-state index contributed by atoms with van der Waals surface area (Å²) < 4.78 is 28.8. The summed E-state index contributed by atoms with van der Waals surface area (Å²) in [7, 11) is -1.18. The Labute approximate surface area is 220 Å². The first-order valence-corrected chi connectivity index (χ1v) is 13.6. The number of nitrogens with one attached hydrogen (secondary N) is 1. The number of carbonyl (C=O) groups is 2. The predicted molar refractivity (Wildman–Crippen MR) is 145 cm³/mol. The summed E-state index contributed by atoms with van der Waals surface area (Å²) in [5.41, 5.74) is 2.63. The van der Waals surface area contributed by atoms with Crippen LogP contribution < -0.4 is 9.62 Å². The molecule has 0 aliphatic rings. The maximum Gasteiger partial charge on any atom is 0.304 e. The van der Waals surface area contributed by atoms with E-state index < -0.39 is 28.7 Å². The third-order valence-electron chi connectivity index (χ3n) is 5.80. The van der Waals surface area contributed by atoms with Gasteiger partial charge >= 0.3 is 10.2 Å². The highest BCUT2D eigenvalue weighted by atomic mass is 35.5. The Balaban J connectivity index is 2.50. The summed E-state index contributed by atoms with van der Waals surface area (Å²) in [5, 5.41) is 3.32. The Hall–Kier alpha value is -2.62. The molecule has 0 heterocycles. The van der Waals surface area contributed by atoms with E-state index in [0.717, 1.165) is 14.2 Å². The van der Waals surface area contributed by atoms with Gasteiger partial charge in [-0.25, -0.2) is 4.31 Å². The van der Waals surface area contributed by atoms with Crippen LogP contribution in [0.15, 0.2) is 42.5 Å². The van der Waals surface area contributed by atoms with E-state index in [2.05, 4.69) is 5.32 Å². The Morgan fingerprint density at radius 2 is 1.67 bits per heavy atom. The smallest absolute Gasteiger partial charge is 0.304 e. The monoisotopic (exact) mass is 536 g/mol. The zero-order valence-electron chi connectivity index (χ0n) is 22.1. The molecule has 1 unspecified atom stereocenters. The third-order valence-corrected chi connectivity index (χ3v) is 7.98. The van der Waals surface area contributed by atoms with Crippen LogP contribution >= 0.6 is 11.6 Å². The Kier molecular flexibility index (Phi) is 10.3. The molecular formula is C26H37ClN4O4S. The number of hydrogen-bond acceptors (Lipinski definition) is 4. The first-order chi connectivity index (χ1) is 16.7. The van der Waals surface area contributed by atoms with Gasteiger partial charge in [-0.15, -0.1) is 0 Å². The van der Waals surface area contributed by atoms with E-state index in [0.29, 0.717) is 28.4 Å². The molecular weight excluding hydrogens is 500 g/mol. The van der Waals surface area contributed by atoms with Crippen LogP contribution in [0.1, 0.15) is 37.5 Å². The molecule has 36 heavy (non-hydrogen) atoms. The first-order valence-electron chi connectivity index (χ1n) is 11.8. The van der Waals surface area contributed by atoms with Gasteiger partial charge in [0, 0.05) is 32.2 Å². The molecule has 0 fully saturated rings. The average molecular weight is 537 g/mol. The van der Waals surface area contributed by atoms with Gasteiger partial charge in [-0.3, -0.25) is 9.59 Å². The molecule has 2 amide bonds. The zero-order valence-corrected chi connectivity index (χ0v) is 23.7. The van der Waals surface area contributed by atoms with Crippen LogP contribution in [0.5, 0.6) is 0 Å². The van der Waals surface area contributed by atoms with Gasteiger partial charge in [-0.05, 0) is 55.5 Å². The van der Waals surface area contributed by atoms with Crippen LogP contribution in [0.2, 0.25) is 5.02 Å². The van der Waals surface area contributed by atoms with Crippen molar-refractivity contribution in [2.24, 2.45) is 5.92 Å². The second-order valence-electron chi connectivity index (χ2n) is 9.51. The highest BCUT2D eigenvalue weighted by molar-refractivity contribution is 7.90. The number of benzene rings is 2. The maximum absolute atomic E-state index is 13.8. The lowest BCUT2D eigenvalue weighted by Gasteiger charge is -2.33. The maximum atomic E-state index is 13.8. The van der Waals surface area contributed by atoms with Crippen LogP contribution in [-0.4, -0.2) is 62.7 Å². The van der Waals surface area contributed by atoms with E-state index in [1.807, 2.05) is 32.9 Å². The zero-order chi connectivity index (χ0) is 27.2. The summed E-state index contributed by atoms with van der Waals surface area (Å²) in [6.45, 7) is 9.27. The SMILES string of the molecule is Cc1ccc(C)c(N(CC(=O)N(Cc2ccccc2Cl)C(C)C(=O)NCC(C)C)S(=O)(=O)N(C)C)c1. The predicted octanol–water partition coefficient (Wildman–Crippen LogP) is 3.76. The molecule has 1 N–H and O–H groups in total. The first kappa shape index (κ1) is 29.6. The topological polar surface area (TPSA) is 90.0 Å². The lowest BCUT2D eigenvalue weighted by molar-refractivity contribution is -0.139. The van der Waals surface area contributed by atoms with Crippen LogP contribution in [0.25, 0.3) is 0 Å². The molecule has 10 heteroatoms. The van der Waals surface area contributed by atoms with Crippen molar-refractivity contribution in [3.8, 4) is 0 Å². The quantitative estimate of drug-likeness (QED) is 0.473. The van der Waals surface area contributed by atoms with Crippen molar-refractivity contribution >= 4 is 39.3 Å². The molecule has 0 radical (unpaired) electrons. The number of nitrogens with zero attached hydrogens (tertiary/aromatic N) is 3. The summed E-state index contributed by atoms with van der Waals surface area (Å²) >= 11 is 6.36. The number of halogens is 1. The van der Waals surface area contributed by atoms with Crippen LogP contribution in [0.4, 0.5) is 5.69 Å². The molecule has 2 aromatic rings. The average Bonchev–Trinajstić information content (AvgIpc) is 2.81. The Bertz CT molecular complexity index is 1180. The van der Waals surface area contributed by atoms with Gasteiger partial charge in [0.15, 0.2) is 0 Å². The normalized spacial score (nSPS) is 12.5. The summed E-state index contributed by atoms with van der Waals surface area (Å²) in [6.07, 6.45) is 0. The molecule has 8 nitrogen and oxygen atoms in total. The van der Waals surface area contributed by atoms with E-state index in [1.165, 1.54) is 19.0 Å². The summed E-state index contributed by atoms with van der Waals surface area (Å²) in [5.74, 6) is -0.606. The minimum Gasteiger partial charge on any atom is -0.354 e. The van der Waals surface area contributed by atoms with E-state index in [1.54, 1.807) is 44.2 Å². The van der Waals surface area contributed by atoms with Crippen molar-refractivity contribution in [1.29, 1.82) is 0 Å². The number of hydrogen-bond donors (Lipinski definition) is 1. The second-order valence-corrected chi connectivity index (χ2v) is 12.0. The molecule has 0 spiro atoms. The molecule has 2 aromatic carbocycles. The van der Waals surface area contributed by atoms with E-state index in [4.69, 9.17) is 11.6 Å². The van der Waals surface area contributed by atoms with E-state index in [-0.39, 0.29) is 18.4 Å². The minimum atomic E-state index is -4.02. The largest absolute Gasteiger partial charge is 0.354 e. The van der Waals surface area contributed by atoms with Gasteiger partial charge in [0.1, 0.15) is 12.6 Å². The standard InChI is InChI=1S/C26H37ClN4O4S/c1-18(2)15-28-26(33)21(5)30(16-22-10-8-9-11-23(22)27)25(32)17-31(36(34,35)29(6)7)24-14-19(3)12-13-20(24)4/h8-14,18,21H,15-17H2,1-7H3,(H,28,33). The second kappa shape index (κ2) is 12.6. The highest BCUT2D eigenvalue weighted by Gasteiger charge is 2.33. The molecule has 0 bridgehead atoms. The van der Waals surface area contributed by atoms with Crippen molar-refractivity contribution < 1.29 is 18.0 Å².